The molecule has 0 aliphatic heterocycles. The minimum absolute atomic E-state index is 0.167. The lowest BCUT2D eigenvalue weighted by molar-refractivity contribution is 0.0464. The van der Waals surface area contributed by atoms with Crippen molar-refractivity contribution in [3.8, 4) is 0 Å². The summed E-state index contributed by atoms with van der Waals surface area (Å²) in [7, 11) is 0. The Morgan fingerprint density at radius 1 is 1.32 bits per heavy atom. The van der Waals surface area contributed by atoms with E-state index in [2.05, 4.69) is 9.97 Å². The van der Waals surface area contributed by atoms with E-state index in [4.69, 9.17) is 16.3 Å². The van der Waals surface area contributed by atoms with Gasteiger partial charge < -0.3 is 4.74 Å². The van der Waals surface area contributed by atoms with E-state index in [-0.39, 0.29) is 17.5 Å². The summed E-state index contributed by atoms with van der Waals surface area (Å²) in [5.74, 6) is -0.511. The van der Waals surface area contributed by atoms with Crippen molar-refractivity contribution >= 4 is 29.3 Å². The highest BCUT2D eigenvalue weighted by Crippen LogP contribution is 2.15. The van der Waals surface area contributed by atoms with Crippen LogP contribution < -0.4 is 0 Å². The summed E-state index contributed by atoms with van der Waals surface area (Å²) in [5.41, 5.74) is 1.08. The van der Waals surface area contributed by atoms with Crippen LogP contribution in [0.5, 0.6) is 0 Å². The van der Waals surface area contributed by atoms with Gasteiger partial charge in [0.2, 0.25) is 0 Å². The minimum Gasteiger partial charge on any atom is -0.456 e. The molecule has 0 unspecified atom stereocenters. The summed E-state index contributed by atoms with van der Waals surface area (Å²) in [5, 5.41) is 0.671. The fourth-order valence-electron chi connectivity index (χ4n) is 1.39. The topological polar surface area (TPSA) is 52.1 Å². The SMILES string of the molecule is CSc1nc(Cl)cc(C(=O)OCc2ccccc2)n1. The lowest BCUT2D eigenvalue weighted by Crippen LogP contribution is -2.08. The van der Waals surface area contributed by atoms with E-state index in [0.29, 0.717) is 5.16 Å². The standard InChI is InChI=1S/C13H11ClN2O2S/c1-19-13-15-10(7-11(14)16-13)12(17)18-8-9-5-3-2-4-6-9/h2-7H,8H2,1H3. The molecule has 2 aromatic rings. The molecule has 98 valence electrons. The van der Waals surface area contributed by atoms with Crippen LogP contribution in [0.3, 0.4) is 0 Å². The number of halogens is 1. The van der Waals surface area contributed by atoms with Crippen molar-refractivity contribution in [3.05, 3.63) is 52.8 Å². The van der Waals surface area contributed by atoms with Gasteiger partial charge in [-0.25, -0.2) is 14.8 Å². The molecular formula is C13H11ClN2O2S. The van der Waals surface area contributed by atoms with E-state index in [9.17, 15) is 4.79 Å². The Labute approximate surface area is 120 Å². The number of ether oxygens (including phenoxy) is 1. The van der Waals surface area contributed by atoms with Crippen molar-refractivity contribution in [2.24, 2.45) is 0 Å². The van der Waals surface area contributed by atoms with Gasteiger partial charge in [-0.3, -0.25) is 0 Å². The van der Waals surface area contributed by atoms with Crippen molar-refractivity contribution in [1.82, 2.24) is 9.97 Å². The summed E-state index contributed by atoms with van der Waals surface area (Å²) >= 11 is 7.13. The van der Waals surface area contributed by atoms with Crippen molar-refractivity contribution in [3.63, 3.8) is 0 Å². The maximum atomic E-state index is 11.9. The second-order valence-electron chi connectivity index (χ2n) is 3.62. The summed E-state index contributed by atoms with van der Waals surface area (Å²) < 4.78 is 5.17. The molecule has 2 rings (SSSR count). The number of carbonyl (C=O) groups is 1. The molecule has 0 saturated heterocycles. The van der Waals surface area contributed by atoms with Crippen LogP contribution >= 0.6 is 23.4 Å². The molecule has 0 bridgehead atoms. The fraction of sp³-hybridized carbons (Fsp3) is 0.154. The van der Waals surface area contributed by atoms with Crippen LogP contribution in [-0.2, 0) is 11.3 Å². The molecule has 6 heteroatoms. The summed E-state index contributed by atoms with van der Waals surface area (Å²) in [6.07, 6.45) is 1.81. The third-order valence-corrected chi connectivity index (χ3v) is 3.02. The van der Waals surface area contributed by atoms with Gasteiger partial charge in [0, 0.05) is 6.07 Å². The van der Waals surface area contributed by atoms with Crippen LogP contribution in [0.25, 0.3) is 0 Å². The maximum absolute atomic E-state index is 11.9. The van der Waals surface area contributed by atoms with Gasteiger partial charge in [-0.05, 0) is 11.8 Å². The van der Waals surface area contributed by atoms with E-state index in [1.165, 1.54) is 17.8 Å². The van der Waals surface area contributed by atoms with Gasteiger partial charge in [0.1, 0.15) is 11.8 Å². The number of thioether (sulfide) groups is 1. The zero-order valence-electron chi connectivity index (χ0n) is 10.2. The van der Waals surface area contributed by atoms with E-state index >= 15 is 0 Å². The van der Waals surface area contributed by atoms with E-state index < -0.39 is 5.97 Å². The van der Waals surface area contributed by atoms with E-state index in [1.54, 1.807) is 0 Å². The first-order valence-electron chi connectivity index (χ1n) is 5.48. The molecule has 0 spiro atoms. The Bertz CT molecular complexity index is 578. The predicted octanol–water partition coefficient (Wildman–Crippen LogP) is 3.21. The Kier molecular flexibility index (Phi) is 4.76. The van der Waals surface area contributed by atoms with Crippen molar-refractivity contribution in [2.75, 3.05) is 6.26 Å². The summed E-state index contributed by atoms with van der Waals surface area (Å²) in [4.78, 5) is 19.9. The quantitative estimate of drug-likeness (QED) is 0.375. The number of esters is 1. The number of rotatable bonds is 4. The number of benzene rings is 1. The first kappa shape index (κ1) is 13.8. The molecule has 1 heterocycles. The average Bonchev–Trinajstić information content (AvgIpc) is 2.45. The van der Waals surface area contributed by atoms with Gasteiger partial charge in [-0.2, -0.15) is 0 Å². The van der Waals surface area contributed by atoms with Gasteiger partial charge >= 0.3 is 5.97 Å². The fourth-order valence-corrected chi connectivity index (χ4v) is 2.00. The van der Waals surface area contributed by atoms with Gasteiger partial charge in [0.05, 0.1) is 0 Å². The molecule has 4 nitrogen and oxygen atoms in total. The molecule has 0 N–H and O–H groups in total. The monoisotopic (exact) mass is 294 g/mol. The average molecular weight is 295 g/mol. The predicted molar refractivity (Wildman–Crippen MR) is 74.4 cm³/mol. The van der Waals surface area contributed by atoms with Gasteiger partial charge in [-0.1, -0.05) is 53.7 Å². The molecular weight excluding hydrogens is 284 g/mol. The van der Waals surface area contributed by atoms with Gasteiger partial charge in [-0.15, -0.1) is 0 Å². The summed E-state index contributed by atoms with van der Waals surface area (Å²) in [6, 6.07) is 10.8. The van der Waals surface area contributed by atoms with E-state index in [0.717, 1.165) is 5.56 Å². The first-order valence-corrected chi connectivity index (χ1v) is 7.09. The smallest absolute Gasteiger partial charge is 0.357 e. The van der Waals surface area contributed by atoms with Crippen molar-refractivity contribution in [2.45, 2.75) is 11.8 Å². The summed E-state index contributed by atoms with van der Waals surface area (Å²) in [6.45, 7) is 0.204. The van der Waals surface area contributed by atoms with Gasteiger partial charge in [0.25, 0.3) is 0 Å². The van der Waals surface area contributed by atoms with Crippen LogP contribution in [0.15, 0.2) is 41.6 Å². The maximum Gasteiger partial charge on any atom is 0.357 e. The molecule has 1 aromatic carbocycles. The lowest BCUT2D eigenvalue weighted by atomic mass is 10.2. The molecule has 0 atom stereocenters. The second-order valence-corrected chi connectivity index (χ2v) is 4.78. The van der Waals surface area contributed by atoms with Crippen molar-refractivity contribution in [1.29, 1.82) is 0 Å². The highest BCUT2D eigenvalue weighted by atomic mass is 35.5. The molecule has 0 amide bonds. The Hall–Kier alpha value is -1.59. The van der Waals surface area contributed by atoms with Crippen molar-refractivity contribution < 1.29 is 9.53 Å². The largest absolute Gasteiger partial charge is 0.456 e. The number of hydrogen-bond acceptors (Lipinski definition) is 5. The van der Waals surface area contributed by atoms with Gasteiger partial charge in [0.15, 0.2) is 10.9 Å². The normalized spacial score (nSPS) is 10.2. The minimum atomic E-state index is -0.511. The third-order valence-electron chi connectivity index (χ3n) is 2.28. The highest BCUT2D eigenvalue weighted by Gasteiger charge is 2.12. The Morgan fingerprint density at radius 3 is 2.74 bits per heavy atom. The molecule has 0 fully saturated rings. The number of nitrogens with zero attached hydrogens (tertiary/aromatic N) is 2. The third kappa shape index (κ3) is 3.94. The van der Waals surface area contributed by atoms with Crippen LogP contribution in [-0.4, -0.2) is 22.2 Å². The zero-order chi connectivity index (χ0) is 13.7. The molecule has 0 aliphatic carbocycles. The molecule has 1 aromatic heterocycles. The van der Waals surface area contributed by atoms with Crippen LogP contribution in [0.2, 0.25) is 5.15 Å². The van der Waals surface area contributed by atoms with E-state index in [1.807, 2.05) is 36.6 Å². The molecule has 0 saturated carbocycles. The molecule has 19 heavy (non-hydrogen) atoms. The zero-order valence-corrected chi connectivity index (χ0v) is 11.7. The number of aromatic nitrogens is 2. The van der Waals surface area contributed by atoms with Crippen LogP contribution in [0.4, 0.5) is 0 Å². The van der Waals surface area contributed by atoms with Crippen LogP contribution in [0, 0.1) is 0 Å². The Balaban J connectivity index is 2.06. The number of carbonyl (C=O) groups excluding carboxylic acids is 1. The highest BCUT2D eigenvalue weighted by molar-refractivity contribution is 7.98. The Morgan fingerprint density at radius 2 is 2.05 bits per heavy atom. The van der Waals surface area contributed by atoms with Crippen LogP contribution in [0.1, 0.15) is 16.1 Å². The number of hydrogen-bond donors (Lipinski definition) is 0. The molecule has 0 radical (unpaired) electrons. The lowest BCUT2D eigenvalue weighted by Gasteiger charge is -2.05. The molecule has 0 aliphatic rings. The second kappa shape index (κ2) is 6.54. The first-order chi connectivity index (χ1) is 9.19.